The number of amides is 1. The number of carbonyl (C=O) groups is 1. The van der Waals surface area contributed by atoms with Gasteiger partial charge >= 0.3 is 6.18 Å². The molecule has 1 aromatic carbocycles. The summed E-state index contributed by atoms with van der Waals surface area (Å²) in [6, 6.07) is 5.40. The molecule has 35 heavy (non-hydrogen) atoms. The molecule has 0 aliphatic heterocycles. The molecule has 1 aliphatic carbocycles. The molecular weight excluding hydrogens is 461 g/mol. The van der Waals surface area contributed by atoms with Crippen LogP contribution >= 0.6 is 0 Å². The number of nitrogens with zero attached hydrogens (tertiary/aromatic N) is 4. The maximum atomic E-state index is 13.2. The van der Waals surface area contributed by atoms with Gasteiger partial charge in [-0.25, -0.2) is 0 Å². The molecule has 0 unspecified atom stereocenters. The van der Waals surface area contributed by atoms with E-state index in [-0.39, 0.29) is 30.0 Å². The Morgan fingerprint density at radius 2 is 1.74 bits per heavy atom. The van der Waals surface area contributed by atoms with Crippen molar-refractivity contribution in [1.82, 2.24) is 25.6 Å². The zero-order chi connectivity index (χ0) is 25.4. The van der Waals surface area contributed by atoms with Gasteiger partial charge in [0, 0.05) is 45.7 Å². The number of aromatic nitrogens is 3. The molecule has 0 bridgehead atoms. The summed E-state index contributed by atoms with van der Waals surface area (Å²) >= 11 is 0. The molecule has 0 radical (unpaired) electrons. The van der Waals surface area contributed by atoms with E-state index < -0.39 is 11.7 Å². The van der Waals surface area contributed by atoms with Gasteiger partial charge in [-0.15, -0.1) is 0 Å². The Bertz CT molecular complexity index is 979. The summed E-state index contributed by atoms with van der Waals surface area (Å²) in [5.41, 5.74) is -0.656. The Morgan fingerprint density at radius 1 is 1.06 bits per heavy atom. The molecule has 4 N–H and O–H groups in total. The Balaban J connectivity index is 1.53. The average Bonchev–Trinajstić information content (AvgIpc) is 2.85. The molecule has 12 heteroatoms. The second-order valence-corrected chi connectivity index (χ2v) is 8.62. The van der Waals surface area contributed by atoms with Crippen molar-refractivity contribution < 1.29 is 18.0 Å². The Morgan fingerprint density at radius 3 is 2.40 bits per heavy atom. The molecule has 1 aromatic heterocycles. The van der Waals surface area contributed by atoms with Crippen LogP contribution in [0.15, 0.2) is 24.3 Å². The van der Waals surface area contributed by atoms with Gasteiger partial charge in [0.25, 0.3) is 0 Å². The molecule has 1 amide bonds. The number of likely N-dealkylation sites (N-methyl/N-ethyl adjacent to an activating group) is 2. The topological polar surface area (TPSA) is 107 Å². The molecule has 192 valence electrons. The fraction of sp³-hybridized carbons (Fsp3) is 0.565. The number of rotatable bonds is 10. The van der Waals surface area contributed by atoms with Crippen LogP contribution in [0.2, 0.25) is 0 Å². The van der Waals surface area contributed by atoms with Crippen LogP contribution in [-0.4, -0.2) is 61.1 Å². The van der Waals surface area contributed by atoms with E-state index in [9.17, 15) is 18.0 Å². The summed E-state index contributed by atoms with van der Waals surface area (Å²) < 4.78 is 39.5. The van der Waals surface area contributed by atoms with Crippen LogP contribution in [-0.2, 0) is 17.5 Å². The van der Waals surface area contributed by atoms with Crippen LogP contribution in [0.5, 0.6) is 0 Å². The van der Waals surface area contributed by atoms with E-state index in [4.69, 9.17) is 0 Å². The van der Waals surface area contributed by atoms with Crippen LogP contribution in [0.4, 0.5) is 31.0 Å². The van der Waals surface area contributed by atoms with Crippen LogP contribution < -0.4 is 26.2 Å². The van der Waals surface area contributed by atoms with Crippen LogP contribution in [0.3, 0.4) is 0 Å². The highest BCUT2D eigenvalue weighted by Crippen LogP contribution is 2.32. The van der Waals surface area contributed by atoms with Gasteiger partial charge in [0.2, 0.25) is 23.8 Å². The van der Waals surface area contributed by atoms with Crippen LogP contribution in [0.25, 0.3) is 0 Å². The summed E-state index contributed by atoms with van der Waals surface area (Å²) in [4.78, 5) is 27.9. The highest BCUT2D eigenvalue weighted by molar-refractivity contribution is 5.78. The van der Waals surface area contributed by atoms with Crippen LogP contribution in [0.1, 0.15) is 36.8 Å². The zero-order valence-electron chi connectivity index (χ0n) is 20.2. The monoisotopic (exact) mass is 494 g/mol. The van der Waals surface area contributed by atoms with Gasteiger partial charge in [0.15, 0.2) is 0 Å². The molecule has 1 heterocycles. The summed E-state index contributed by atoms with van der Waals surface area (Å²) in [5.74, 6) is 1.02. The molecule has 9 nitrogen and oxygen atoms in total. The number of hydrogen-bond donors (Lipinski definition) is 4. The lowest BCUT2D eigenvalue weighted by atomic mass is 9.85. The van der Waals surface area contributed by atoms with E-state index in [0.717, 1.165) is 32.0 Å². The minimum atomic E-state index is -4.45. The smallest absolute Gasteiger partial charge is 0.357 e. The number of benzene rings is 1. The maximum absolute atomic E-state index is 13.2. The van der Waals surface area contributed by atoms with Crippen molar-refractivity contribution in [2.75, 3.05) is 49.8 Å². The Labute approximate surface area is 203 Å². The highest BCUT2D eigenvalue weighted by atomic mass is 19.4. The van der Waals surface area contributed by atoms with Gasteiger partial charge in [0.1, 0.15) is 0 Å². The molecular formula is C23H33F3N8O. The van der Waals surface area contributed by atoms with Gasteiger partial charge in [0.05, 0.1) is 5.56 Å². The van der Waals surface area contributed by atoms with E-state index in [0.29, 0.717) is 30.7 Å². The number of nitrogens with one attached hydrogen (secondary N) is 4. The van der Waals surface area contributed by atoms with Gasteiger partial charge in [-0.3, -0.25) is 4.79 Å². The third-order valence-electron chi connectivity index (χ3n) is 6.09. The number of anilines is 3. The normalized spacial score (nSPS) is 18.1. The Hall–Kier alpha value is -3.15. The second-order valence-electron chi connectivity index (χ2n) is 8.62. The third kappa shape index (κ3) is 7.41. The predicted molar refractivity (Wildman–Crippen MR) is 129 cm³/mol. The maximum Gasteiger partial charge on any atom is 0.416 e. The van der Waals surface area contributed by atoms with Gasteiger partial charge < -0.3 is 26.2 Å². The average molecular weight is 495 g/mol. The van der Waals surface area contributed by atoms with E-state index in [1.54, 1.807) is 7.05 Å². The molecule has 0 atom stereocenters. The Kier molecular flexibility index (Phi) is 9.07. The molecule has 0 spiro atoms. The zero-order valence-corrected chi connectivity index (χ0v) is 20.2. The van der Waals surface area contributed by atoms with Gasteiger partial charge in [-0.1, -0.05) is 18.2 Å². The van der Waals surface area contributed by atoms with Crippen molar-refractivity contribution in [2.45, 2.75) is 44.4 Å². The largest absolute Gasteiger partial charge is 0.416 e. The number of halogens is 3. The lowest BCUT2D eigenvalue weighted by Gasteiger charge is -2.29. The summed E-state index contributed by atoms with van der Waals surface area (Å²) in [6.07, 6.45) is -1.74. The minimum absolute atomic E-state index is 0.0642. The van der Waals surface area contributed by atoms with Gasteiger partial charge in [-0.05, 0) is 44.4 Å². The van der Waals surface area contributed by atoms with Crippen molar-refractivity contribution in [3.8, 4) is 0 Å². The predicted octanol–water partition coefficient (Wildman–Crippen LogP) is 2.87. The highest BCUT2D eigenvalue weighted by Gasteiger charge is 2.33. The molecule has 0 saturated heterocycles. The lowest BCUT2D eigenvalue weighted by Crippen LogP contribution is -2.36. The minimum Gasteiger partial charge on any atom is -0.357 e. The van der Waals surface area contributed by atoms with Crippen molar-refractivity contribution in [2.24, 2.45) is 5.92 Å². The molecule has 3 rings (SSSR count). The van der Waals surface area contributed by atoms with Gasteiger partial charge in [-0.2, -0.15) is 28.1 Å². The molecule has 1 saturated carbocycles. The number of hydrogen-bond acceptors (Lipinski definition) is 8. The SMILES string of the molecule is CNCCN(C)c1nc(NC)nc(N[C@H]2CC[C@@H](C(=O)NCc3ccccc3C(F)(F)F)CC2)n1. The number of carbonyl (C=O) groups excluding carboxylic acids is 1. The van der Waals surface area contributed by atoms with E-state index in [1.165, 1.54) is 18.2 Å². The first-order chi connectivity index (χ1) is 16.7. The van der Waals surface area contributed by atoms with Crippen molar-refractivity contribution >= 4 is 23.8 Å². The summed E-state index contributed by atoms with van der Waals surface area (Å²) in [6.45, 7) is 1.37. The van der Waals surface area contributed by atoms with Crippen LogP contribution in [0, 0.1) is 5.92 Å². The standard InChI is InChI=1S/C23H33F3N8O/c1-27-12-13-34(3)22-32-20(28-2)31-21(33-22)30-17-10-8-15(9-11-17)19(35)29-14-16-6-4-5-7-18(16)23(24,25)26/h4-7,15,17,27H,8-14H2,1-3H3,(H,29,35)(H2,28,30,31,32,33)/t15-,17+. The quantitative estimate of drug-likeness (QED) is 0.400. The first-order valence-electron chi connectivity index (χ1n) is 11.7. The third-order valence-corrected chi connectivity index (χ3v) is 6.09. The summed E-state index contributed by atoms with van der Waals surface area (Å²) in [7, 11) is 5.53. The van der Waals surface area contributed by atoms with Crippen molar-refractivity contribution in [1.29, 1.82) is 0 Å². The lowest BCUT2D eigenvalue weighted by molar-refractivity contribution is -0.138. The van der Waals surface area contributed by atoms with Crippen molar-refractivity contribution in [3.63, 3.8) is 0 Å². The number of alkyl halides is 3. The fourth-order valence-corrected chi connectivity index (χ4v) is 4.05. The first kappa shape index (κ1) is 26.5. The molecule has 1 fully saturated rings. The second kappa shape index (κ2) is 12.0. The van der Waals surface area contributed by atoms with E-state index in [2.05, 4.69) is 36.2 Å². The molecule has 2 aromatic rings. The fourth-order valence-electron chi connectivity index (χ4n) is 4.05. The van der Waals surface area contributed by atoms with E-state index >= 15 is 0 Å². The van der Waals surface area contributed by atoms with Crippen molar-refractivity contribution in [3.05, 3.63) is 35.4 Å². The summed E-state index contributed by atoms with van der Waals surface area (Å²) in [5, 5.41) is 12.1. The molecule has 1 aliphatic rings. The van der Waals surface area contributed by atoms with E-state index in [1.807, 2.05) is 19.0 Å². The first-order valence-corrected chi connectivity index (χ1v) is 11.7.